The molecule has 0 aliphatic carbocycles. The standard InChI is InChI=1S/C12H17BrN2O/c1-2-14-10-3-4-12(11(13)9-10)15-5-7-16-8-6-15/h3-4,9,14H,2,5-8H2,1H3. The van der Waals surface area contributed by atoms with E-state index in [1.807, 2.05) is 0 Å². The van der Waals surface area contributed by atoms with Crippen LogP contribution in [0.5, 0.6) is 0 Å². The topological polar surface area (TPSA) is 24.5 Å². The SMILES string of the molecule is CCNc1ccc(N2CCOCC2)c(Br)c1. The fourth-order valence-corrected chi connectivity index (χ4v) is 2.51. The predicted octanol–water partition coefficient (Wildman–Crippen LogP) is 2.72. The third kappa shape index (κ3) is 2.68. The largest absolute Gasteiger partial charge is 0.385 e. The van der Waals surface area contributed by atoms with Crippen LogP contribution in [0.25, 0.3) is 0 Å². The Morgan fingerprint density at radius 1 is 1.38 bits per heavy atom. The van der Waals surface area contributed by atoms with Gasteiger partial charge in [0.05, 0.1) is 18.9 Å². The normalized spacial score (nSPS) is 16.2. The second-order valence-corrected chi connectivity index (χ2v) is 4.65. The maximum atomic E-state index is 5.35. The number of ether oxygens (including phenoxy) is 1. The van der Waals surface area contributed by atoms with Gasteiger partial charge >= 0.3 is 0 Å². The van der Waals surface area contributed by atoms with E-state index in [1.54, 1.807) is 0 Å². The quantitative estimate of drug-likeness (QED) is 0.924. The summed E-state index contributed by atoms with van der Waals surface area (Å²) in [5.41, 5.74) is 2.41. The van der Waals surface area contributed by atoms with Crippen LogP contribution in [0, 0.1) is 0 Å². The highest BCUT2D eigenvalue weighted by atomic mass is 79.9. The minimum Gasteiger partial charge on any atom is -0.385 e. The molecule has 4 heteroatoms. The van der Waals surface area contributed by atoms with Gasteiger partial charge in [-0.1, -0.05) is 0 Å². The molecule has 0 bridgehead atoms. The molecule has 1 aliphatic rings. The molecule has 0 aromatic heterocycles. The summed E-state index contributed by atoms with van der Waals surface area (Å²) in [4.78, 5) is 2.35. The molecule has 1 saturated heterocycles. The molecule has 1 aliphatic heterocycles. The van der Waals surface area contributed by atoms with Crippen molar-refractivity contribution in [2.24, 2.45) is 0 Å². The van der Waals surface area contributed by atoms with Gasteiger partial charge in [-0.3, -0.25) is 0 Å². The summed E-state index contributed by atoms with van der Waals surface area (Å²) in [7, 11) is 0. The van der Waals surface area contributed by atoms with Crippen LogP contribution in [0.1, 0.15) is 6.92 Å². The van der Waals surface area contributed by atoms with Crippen molar-refractivity contribution in [2.75, 3.05) is 43.1 Å². The maximum absolute atomic E-state index is 5.35. The Morgan fingerprint density at radius 2 is 2.12 bits per heavy atom. The molecule has 1 N–H and O–H groups in total. The first-order valence-electron chi connectivity index (χ1n) is 5.67. The fourth-order valence-electron chi connectivity index (χ4n) is 1.88. The van der Waals surface area contributed by atoms with E-state index in [2.05, 4.69) is 51.3 Å². The van der Waals surface area contributed by atoms with Crippen molar-refractivity contribution in [3.05, 3.63) is 22.7 Å². The average Bonchev–Trinajstić information content (AvgIpc) is 2.31. The van der Waals surface area contributed by atoms with E-state index in [9.17, 15) is 0 Å². The Hall–Kier alpha value is -0.740. The second kappa shape index (κ2) is 5.55. The first kappa shape index (κ1) is 11.7. The molecular formula is C12H17BrN2O. The molecule has 16 heavy (non-hydrogen) atoms. The molecule has 2 rings (SSSR count). The highest BCUT2D eigenvalue weighted by molar-refractivity contribution is 9.10. The Labute approximate surface area is 105 Å². The molecule has 0 spiro atoms. The maximum Gasteiger partial charge on any atom is 0.0642 e. The van der Waals surface area contributed by atoms with Gasteiger partial charge in [-0.05, 0) is 41.1 Å². The predicted molar refractivity (Wildman–Crippen MR) is 71.3 cm³/mol. The summed E-state index contributed by atoms with van der Waals surface area (Å²) in [6, 6.07) is 6.42. The molecule has 1 aromatic carbocycles. The molecule has 0 atom stereocenters. The van der Waals surface area contributed by atoms with Crippen LogP contribution in [0.3, 0.4) is 0 Å². The molecule has 1 aromatic rings. The Kier molecular flexibility index (Phi) is 4.07. The zero-order chi connectivity index (χ0) is 11.4. The van der Waals surface area contributed by atoms with E-state index in [1.165, 1.54) is 5.69 Å². The van der Waals surface area contributed by atoms with Gasteiger partial charge in [0, 0.05) is 29.8 Å². The number of morpholine rings is 1. The molecule has 0 amide bonds. The van der Waals surface area contributed by atoms with Gasteiger partial charge in [0.2, 0.25) is 0 Å². The van der Waals surface area contributed by atoms with E-state index in [4.69, 9.17) is 4.74 Å². The number of rotatable bonds is 3. The Morgan fingerprint density at radius 3 is 2.75 bits per heavy atom. The zero-order valence-electron chi connectivity index (χ0n) is 9.50. The van der Waals surface area contributed by atoms with E-state index in [0.29, 0.717) is 0 Å². The summed E-state index contributed by atoms with van der Waals surface area (Å²) in [5, 5.41) is 3.31. The summed E-state index contributed by atoms with van der Waals surface area (Å²) in [6.45, 7) is 6.63. The van der Waals surface area contributed by atoms with Crippen LogP contribution in [-0.2, 0) is 4.74 Å². The smallest absolute Gasteiger partial charge is 0.0642 e. The van der Waals surface area contributed by atoms with Crippen molar-refractivity contribution in [2.45, 2.75) is 6.92 Å². The van der Waals surface area contributed by atoms with Gasteiger partial charge in [0.15, 0.2) is 0 Å². The number of hydrogen-bond donors (Lipinski definition) is 1. The lowest BCUT2D eigenvalue weighted by molar-refractivity contribution is 0.122. The molecule has 0 unspecified atom stereocenters. The van der Waals surface area contributed by atoms with Crippen molar-refractivity contribution in [1.82, 2.24) is 0 Å². The third-order valence-corrected chi connectivity index (χ3v) is 3.32. The summed E-state index contributed by atoms with van der Waals surface area (Å²) in [6.07, 6.45) is 0. The molecule has 1 heterocycles. The van der Waals surface area contributed by atoms with Gasteiger partial charge in [0.25, 0.3) is 0 Å². The van der Waals surface area contributed by atoms with Crippen molar-refractivity contribution < 1.29 is 4.74 Å². The molecule has 88 valence electrons. The first-order chi connectivity index (χ1) is 7.81. The van der Waals surface area contributed by atoms with Crippen molar-refractivity contribution in [3.8, 4) is 0 Å². The molecule has 0 radical (unpaired) electrons. The lowest BCUT2D eigenvalue weighted by Crippen LogP contribution is -2.36. The molecule has 0 saturated carbocycles. The molecule has 1 fully saturated rings. The number of benzene rings is 1. The van der Waals surface area contributed by atoms with E-state index in [-0.39, 0.29) is 0 Å². The fraction of sp³-hybridized carbons (Fsp3) is 0.500. The number of anilines is 2. The lowest BCUT2D eigenvalue weighted by Gasteiger charge is -2.29. The van der Waals surface area contributed by atoms with Crippen LogP contribution < -0.4 is 10.2 Å². The lowest BCUT2D eigenvalue weighted by atomic mass is 10.2. The molecule has 3 nitrogen and oxygen atoms in total. The Bertz CT molecular complexity index is 351. The van der Waals surface area contributed by atoms with Crippen molar-refractivity contribution >= 4 is 27.3 Å². The van der Waals surface area contributed by atoms with Crippen LogP contribution in [0.2, 0.25) is 0 Å². The highest BCUT2D eigenvalue weighted by Gasteiger charge is 2.13. The van der Waals surface area contributed by atoms with Gasteiger partial charge < -0.3 is 15.0 Å². The second-order valence-electron chi connectivity index (χ2n) is 3.80. The first-order valence-corrected chi connectivity index (χ1v) is 6.46. The minimum atomic E-state index is 0.821. The summed E-state index contributed by atoms with van der Waals surface area (Å²) < 4.78 is 6.50. The van der Waals surface area contributed by atoms with E-state index in [0.717, 1.165) is 43.0 Å². The van der Waals surface area contributed by atoms with Crippen LogP contribution in [0.4, 0.5) is 11.4 Å². The summed E-state index contributed by atoms with van der Waals surface area (Å²) in [5.74, 6) is 0. The minimum absolute atomic E-state index is 0.821. The third-order valence-electron chi connectivity index (χ3n) is 2.68. The number of halogens is 1. The monoisotopic (exact) mass is 284 g/mol. The molecular weight excluding hydrogens is 268 g/mol. The zero-order valence-corrected chi connectivity index (χ0v) is 11.1. The van der Waals surface area contributed by atoms with Crippen LogP contribution in [-0.4, -0.2) is 32.8 Å². The van der Waals surface area contributed by atoms with Crippen molar-refractivity contribution in [3.63, 3.8) is 0 Å². The number of nitrogens with zero attached hydrogens (tertiary/aromatic N) is 1. The van der Waals surface area contributed by atoms with Crippen LogP contribution >= 0.6 is 15.9 Å². The van der Waals surface area contributed by atoms with E-state index < -0.39 is 0 Å². The van der Waals surface area contributed by atoms with Crippen LogP contribution in [0.15, 0.2) is 22.7 Å². The van der Waals surface area contributed by atoms with Gasteiger partial charge in [-0.15, -0.1) is 0 Å². The van der Waals surface area contributed by atoms with Gasteiger partial charge in [0.1, 0.15) is 0 Å². The highest BCUT2D eigenvalue weighted by Crippen LogP contribution is 2.29. The van der Waals surface area contributed by atoms with E-state index >= 15 is 0 Å². The van der Waals surface area contributed by atoms with Crippen molar-refractivity contribution in [1.29, 1.82) is 0 Å². The summed E-state index contributed by atoms with van der Waals surface area (Å²) >= 11 is 3.63. The number of hydrogen-bond acceptors (Lipinski definition) is 3. The Balaban J connectivity index is 2.14. The number of nitrogens with one attached hydrogen (secondary N) is 1. The van der Waals surface area contributed by atoms with Gasteiger partial charge in [-0.2, -0.15) is 0 Å². The average molecular weight is 285 g/mol. The van der Waals surface area contributed by atoms with Gasteiger partial charge in [-0.25, -0.2) is 0 Å².